The van der Waals surface area contributed by atoms with Gasteiger partial charge in [-0.3, -0.25) is 4.79 Å². The van der Waals surface area contributed by atoms with Gasteiger partial charge in [0, 0.05) is 18.9 Å². The average Bonchev–Trinajstić information content (AvgIpc) is 3.00. The van der Waals surface area contributed by atoms with Gasteiger partial charge in [0.05, 0.1) is 11.9 Å². The second-order valence-corrected chi connectivity index (χ2v) is 5.27. The molecule has 0 bridgehead atoms. The van der Waals surface area contributed by atoms with Crippen LogP contribution in [0, 0.1) is 0 Å². The zero-order valence-electron chi connectivity index (χ0n) is 13.3. The van der Waals surface area contributed by atoms with Crippen LogP contribution in [0.4, 0.5) is 30.5 Å². The molecular weight excluding hydrogens is 349 g/mol. The highest BCUT2D eigenvalue weighted by Gasteiger charge is 2.39. The molecule has 26 heavy (non-hydrogen) atoms. The molecule has 2 N–H and O–H groups in total. The first-order valence-electron chi connectivity index (χ1n) is 7.38. The molecule has 0 spiro atoms. The number of hydrogen-bond acceptors (Lipinski definition) is 5. The van der Waals surface area contributed by atoms with Gasteiger partial charge in [-0.05, 0) is 30.5 Å². The molecule has 0 saturated heterocycles. The average molecular weight is 362 g/mol. The molecule has 10 heteroatoms. The van der Waals surface area contributed by atoms with Gasteiger partial charge in [0.25, 0.3) is 0 Å². The third kappa shape index (κ3) is 3.79. The number of carbonyl (C=O) groups is 1. The van der Waals surface area contributed by atoms with Crippen molar-refractivity contribution in [3.63, 3.8) is 0 Å². The molecular formula is C16H13F3N6O. The maximum absolute atomic E-state index is 12.3. The molecule has 0 aromatic carbocycles. The van der Waals surface area contributed by atoms with Crippen LogP contribution in [0.25, 0.3) is 5.65 Å². The normalized spacial score (nSPS) is 11.3. The summed E-state index contributed by atoms with van der Waals surface area (Å²) >= 11 is 0. The Bertz CT molecular complexity index is 966. The molecule has 7 nitrogen and oxygen atoms in total. The van der Waals surface area contributed by atoms with Crippen LogP contribution in [-0.4, -0.2) is 33.2 Å². The van der Waals surface area contributed by atoms with Crippen LogP contribution >= 0.6 is 0 Å². The minimum Gasteiger partial charge on any atom is -0.378 e. The van der Waals surface area contributed by atoms with Crippen LogP contribution in [0.1, 0.15) is 5.56 Å². The van der Waals surface area contributed by atoms with Crippen LogP contribution in [0.2, 0.25) is 0 Å². The van der Waals surface area contributed by atoms with Crippen molar-refractivity contribution in [1.29, 1.82) is 0 Å². The zero-order chi connectivity index (χ0) is 18.7. The van der Waals surface area contributed by atoms with E-state index in [1.165, 1.54) is 10.6 Å². The summed E-state index contributed by atoms with van der Waals surface area (Å²) in [5, 5.41) is 4.88. The summed E-state index contributed by atoms with van der Waals surface area (Å²) in [5.41, 5.74) is 1.94. The smallest absolute Gasteiger partial charge is 0.378 e. The molecule has 134 valence electrons. The van der Waals surface area contributed by atoms with E-state index in [1.807, 2.05) is 0 Å². The molecule has 0 saturated carbocycles. The number of hydrogen-bond donors (Lipinski definition) is 2. The minimum absolute atomic E-state index is 0.178. The molecule has 0 aliphatic carbocycles. The molecule has 0 radical (unpaired) electrons. The fourth-order valence-corrected chi connectivity index (χ4v) is 2.25. The van der Waals surface area contributed by atoms with Crippen molar-refractivity contribution in [2.24, 2.45) is 4.99 Å². The Morgan fingerprint density at radius 1 is 1.27 bits per heavy atom. The lowest BCUT2D eigenvalue weighted by molar-refractivity contribution is -0.167. The number of fused-ring (bicyclic) bond motifs is 1. The Labute approximate surface area is 145 Å². The number of nitrogens with zero attached hydrogens (tertiary/aromatic N) is 4. The van der Waals surface area contributed by atoms with Crippen LogP contribution in [-0.2, 0) is 11.3 Å². The van der Waals surface area contributed by atoms with E-state index in [9.17, 15) is 18.0 Å². The molecule has 0 atom stereocenters. The van der Waals surface area contributed by atoms with E-state index >= 15 is 0 Å². The predicted octanol–water partition coefficient (Wildman–Crippen LogP) is 3.17. The maximum atomic E-state index is 12.3. The minimum atomic E-state index is -4.97. The molecule has 0 aliphatic rings. The molecule has 3 aromatic rings. The highest BCUT2D eigenvalue weighted by atomic mass is 19.4. The number of carbonyl (C=O) groups excluding carboxylic acids is 1. The topological polar surface area (TPSA) is 83.7 Å². The number of aliphatic imine (C=N–C) groups is 1. The van der Waals surface area contributed by atoms with E-state index in [2.05, 4.69) is 27.0 Å². The Balaban J connectivity index is 1.75. The van der Waals surface area contributed by atoms with Crippen molar-refractivity contribution < 1.29 is 18.0 Å². The summed E-state index contributed by atoms with van der Waals surface area (Å²) in [6, 6.07) is 6.96. The van der Waals surface area contributed by atoms with Crippen LogP contribution in [0.3, 0.4) is 0 Å². The fraction of sp³-hybridized carbons (Fsp3) is 0.125. The zero-order valence-corrected chi connectivity index (χ0v) is 13.3. The summed E-state index contributed by atoms with van der Waals surface area (Å²) in [4.78, 5) is 22.8. The summed E-state index contributed by atoms with van der Waals surface area (Å²) in [6.45, 7) is 3.87. The van der Waals surface area contributed by atoms with Gasteiger partial charge in [0.1, 0.15) is 5.65 Å². The van der Waals surface area contributed by atoms with Gasteiger partial charge in [-0.1, -0.05) is 6.07 Å². The lowest BCUT2D eigenvalue weighted by Crippen LogP contribution is -2.30. The molecule has 0 fully saturated rings. The lowest BCUT2D eigenvalue weighted by atomic mass is 10.2. The van der Waals surface area contributed by atoms with Crippen LogP contribution < -0.4 is 10.6 Å². The van der Waals surface area contributed by atoms with Gasteiger partial charge in [-0.15, -0.1) is 0 Å². The lowest BCUT2D eigenvalue weighted by Gasteiger charge is -2.08. The van der Waals surface area contributed by atoms with Crippen molar-refractivity contribution in [3.8, 4) is 0 Å². The molecule has 0 unspecified atom stereocenters. The third-order valence-electron chi connectivity index (χ3n) is 3.43. The van der Waals surface area contributed by atoms with Gasteiger partial charge in [0.2, 0.25) is 0 Å². The SMILES string of the molecule is C=Nc1ncccc1NCc1ccc2nc(NC(=O)C(F)(F)F)cn2c1. The van der Waals surface area contributed by atoms with Crippen molar-refractivity contribution in [2.75, 3.05) is 10.6 Å². The number of pyridine rings is 2. The Kier molecular flexibility index (Phi) is 4.57. The summed E-state index contributed by atoms with van der Waals surface area (Å²) < 4.78 is 38.4. The monoisotopic (exact) mass is 362 g/mol. The van der Waals surface area contributed by atoms with Crippen molar-refractivity contribution in [1.82, 2.24) is 14.4 Å². The molecule has 3 rings (SSSR count). The van der Waals surface area contributed by atoms with Crippen LogP contribution in [0.5, 0.6) is 0 Å². The van der Waals surface area contributed by atoms with E-state index in [0.717, 1.165) is 5.56 Å². The van der Waals surface area contributed by atoms with Gasteiger partial charge < -0.3 is 15.0 Å². The summed E-state index contributed by atoms with van der Waals surface area (Å²) in [5.74, 6) is -1.78. The second-order valence-electron chi connectivity index (χ2n) is 5.27. The number of nitrogens with one attached hydrogen (secondary N) is 2. The molecule has 3 heterocycles. The number of aromatic nitrogens is 3. The summed E-state index contributed by atoms with van der Waals surface area (Å²) in [6.07, 6.45) is -0.367. The highest BCUT2D eigenvalue weighted by Crippen LogP contribution is 2.22. The third-order valence-corrected chi connectivity index (χ3v) is 3.43. The number of rotatable bonds is 5. The van der Waals surface area contributed by atoms with E-state index < -0.39 is 12.1 Å². The highest BCUT2D eigenvalue weighted by molar-refractivity contribution is 5.94. The van der Waals surface area contributed by atoms with Crippen molar-refractivity contribution in [3.05, 3.63) is 48.4 Å². The molecule has 1 amide bonds. The predicted molar refractivity (Wildman–Crippen MR) is 90.6 cm³/mol. The molecule has 3 aromatic heterocycles. The Morgan fingerprint density at radius 2 is 2.08 bits per heavy atom. The van der Waals surface area contributed by atoms with E-state index in [-0.39, 0.29) is 5.82 Å². The Hall–Kier alpha value is -3.43. The second kappa shape index (κ2) is 6.82. The Morgan fingerprint density at radius 3 is 2.81 bits per heavy atom. The van der Waals surface area contributed by atoms with Gasteiger partial charge >= 0.3 is 12.1 Å². The fourth-order valence-electron chi connectivity index (χ4n) is 2.25. The van der Waals surface area contributed by atoms with E-state index in [1.54, 1.807) is 42.0 Å². The van der Waals surface area contributed by atoms with Crippen LogP contribution in [0.15, 0.2) is 47.8 Å². The van der Waals surface area contributed by atoms with E-state index in [0.29, 0.717) is 23.7 Å². The number of alkyl halides is 3. The number of imidazole rings is 1. The quantitative estimate of drug-likeness (QED) is 0.683. The van der Waals surface area contributed by atoms with Gasteiger partial charge in [-0.25, -0.2) is 15.0 Å². The summed E-state index contributed by atoms with van der Waals surface area (Å²) in [7, 11) is 0. The van der Waals surface area contributed by atoms with Crippen molar-refractivity contribution in [2.45, 2.75) is 12.7 Å². The molecule has 0 aliphatic heterocycles. The first kappa shape index (κ1) is 17.4. The van der Waals surface area contributed by atoms with Gasteiger partial charge in [-0.2, -0.15) is 13.2 Å². The number of amides is 1. The maximum Gasteiger partial charge on any atom is 0.471 e. The first-order chi connectivity index (χ1) is 12.4. The number of anilines is 2. The largest absolute Gasteiger partial charge is 0.471 e. The van der Waals surface area contributed by atoms with Crippen molar-refractivity contribution >= 4 is 35.6 Å². The number of halogens is 3. The van der Waals surface area contributed by atoms with E-state index in [4.69, 9.17) is 0 Å². The standard InChI is InChI=1S/C16H13F3N6O/c1-20-14-11(3-2-6-21-14)22-7-10-4-5-13-23-12(9-25(13)8-10)24-15(26)16(17,18)19/h2-6,8-9,22H,1,7H2,(H,24,26). The van der Waals surface area contributed by atoms with Gasteiger partial charge in [0.15, 0.2) is 11.6 Å². The first-order valence-corrected chi connectivity index (χ1v) is 7.38.